The number of aryl methyl sites for hydroxylation is 1. The molecule has 152 valence electrons. The highest BCUT2D eigenvalue weighted by atomic mass is 32.2. The number of carbonyl (C=O) groups excluding carboxylic acids is 1. The molecule has 0 aliphatic heterocycles. The van der Waals surface area contributed by atoms with Crippen molar-refractivity contribution < 1.29 is 17.9 Å². The van der Waals surface area contributed by atoms with Crippen molar-refractivity contribution >= 4 is 15.9 Å². The van der Waals surface area contributed by atoms with Crippen LogP contribution in [0.25, 0.3) is 0 Å². The Hall–Kier alpha value is -2.38. The molecule has 0 bridgehead atoms. The van der Waals surface area contributed by atoms with E-state index in [1.165, 1.54) is 12.1 Å². The molecule has 2 N–H and O–H groups in total. The predicted octanol–water partition coefficient (Wildman–Crippen LogP) is 3.01. The lowest BCUT2D eigenvalue weighted by molar-refractivity contribution is -0.123. The van der Waals surface area contributed by atoms with Gasteiger partial charge in [0, 0.05) is 13.1 Å². The molecule has 0 heterocycles. The quantitative estimate of drug-likeness (QED) is 0.708. The van der Waals surface area contributed by atoms with Gasteiger partial charge in [0.05, 0.1) is 4.90 Å². The molecule has 2 rings (SSSR count). The van der Waals surface area contributed by atoms with Crippen LogP contribution in [0.3, 0.4) is 0 Å². The Morgan fingerprint density at radius 3 is 2.36 bits per heavy atom. The Balaban J connectivity index is 1.96. The van der Waals surface area contributed by atoms with Crippen molar-refractivity contribution in [2.45, 2.75) is 39.1 Å². The maximum Gasteiger partial charge on any atom is 0.257 e. The van der Waals surface area contributed by atoms with Gasteiger partial charge >= 0.3 is 0 Å². The molecular weight excluding hydrogens is 376 g/mol. The summed E-state index contributed by atoms with van der Waals surface area (Å²) in [5, 5.41) is 2.81. The molecule has 0 unspecified atom stereocenters. The Bertz CT molecular complexity index is 904. The zero-order valence-electron chi connectivity index (χ0n) is 16.8. The highest BCUT2D eigenvalue weighted by Crippen LogP contribution is 2.22. The topological polar surface area (TPSA) is 84.5 Å². The van der Waals surface area contributed by atoms with Crippen LogP contribution in [-0.4, -0.2) is 27.5 Å². The van der Waals surface area contributed by atoms with Crippen LogP contribution in [-0.2, 0) is 21.4 Å². The molecule has 28 heavy (non-hydrogen) atoms. The molecule has 6 nitrogen and oxygen atoms in total. The minimum Gasteiger partial charge on any atom is -0.484 e. The van der Waals surface area contributed by atoms with E-state index in [-0.39, 0.29) is 29.4 Å². The molecule has 2 aromatic carbocycles. The van der Waals surface area contributed by atoms with Crippen LogP contribution in [0.4, 0.5) is 0 Å². The summed E-state index contributed by atoms with van der Waals surface area (Å²) in [6.07, 6.45) is 0. The summed E-state index contributed by atoms with van der Waals surface area (Å²) in [4.78, 5) is 12.0. The molecule has 0 radical (unpaired) electrons. The van der Waals surface area contributed by atoms with E-state index in [1.807, 2.05) is 51.1 Å². The van der Waals surface area contributed by atoms with Gasteiger partial charge in [0.1, 0.15) is 5.75 Å². The fourth-order valence-electron chi connectivity index (χ4n) is 2.37. The molecule has 7 heteroatoms. The van der Waals surface area contributed by atoms with Gasteiger partial charge in [0.2, 0.25) is 10.0 Å². The highest BCUT2D eigenvalue weighted by Gasteiger charge is 2.16. The standard InChI is InChI=1S/C21H28N2O4S/c1-16-12-18(28(25,26)23-13-17-8-6-5-7-9-17)10-11-19(16)27-14-20(24)22-15-21(2,3)4/h5-12,23H,13-15H2,1-4H3,(H,22,24). The molecule has 0 aromatic heterocycles. The van der Waals surface area contributed by atoms with Gasteiger partial charge < -0.3 is 10.1 Å². The number of hydrogen-bond donors (Lipinski definition) is 2. The average molecular weight is 405 g/mol. The lowest BCUT2D eigenvalue weighted by Crippen LogP contribution is -2.35. The van der Waals surface area contributed by atoms with Gasteiger partial charge in [-0.3, -0.25) is 4.79 Å². The van der Waals surface area contributed by atoms with Crippen molar-refractivity contribution in [2.75, 3.05) is 13.2 Å². The summed E-state index contributed by atoms with van der Waals surface area (Å²) in [6, 6.07) is 13.9. The number of hydrogen-bond acceptors (Lipinski definition) is 4. The number of rotatable bonds is 8. The SMILES string of the molecule is Cc1cc(S(=O)(=O)NCc2ccccc2)ccc1OCC(=O)NCC(C)(C)C. The lowest BCUT2D eigenvalue weighted by Gasteiger charge is -2.19. The summed E-state index contributed by atoms with van der Waals surface area (Å²) in [5.74, 6) is 0.267. The van der Waals surface area contributed by atoms with Crippen molar-refractivity contribution in [3.63, 3.8) is 0 Å². The van der Waals surface area contributed by atoms with E-state index in [0.717, 1.165) is 5.56 Å². The summed E-state index contributed by atoms with van der Waals surface area (Å²) in [6.45, 7) is 8.50. The second-order valence-electron chi connectivity index (χ2n) is 7.86. The van der Waals surface area contributed by atoms with Crippen molar-refractivity contribution in [1.82, 2.24) is 10.0 Å². The van der Waals surface area contributed by atoms with Crippen molar-refractivity contribution in [2.24, 2.45) is 5.41 Å². The molecule has 0 saturated heterocycles. The zero-order chi connectivity index (χ0) is 20.8. The molecular formula is C21H28N2O4S. The maximum absolute atomic E-state index is 12.5. The summed E-state index contributed by atoms with van der Waals surface area (Å²) in [5.41, 5.74) is 1.52. The van der Waals surface area contributed by atoms with Crippen molar-refractivity contribution in [3.8, 4) is 5.75 Å². The van der Waals surface area contributed by atoms with Crippen LogP contribution < -0.4 is 14.8 Å². The van der Waals surface area contributed by atoms with Crippen LogP contribution >= 0.6 is 0 Å². The molecule has 0 spiro atoms. The van der Waals surface area contributed by atoms with E-state index in [9.17, 15) is 13.2 Å². The number of nitrogens with one attached hydrogen (secondary N) is 2. The molecule has 0 aliphatic rings. The number of amides is 1. The second kappa shape index (κ2) is 9.21. The van der Waals surface area contributed by atoms with Gasteiger partial charge in [-0.15, -0.1) is 0 Å². The average Bonchev–Trinajstić information content (AvgIpc) is 2.64. The van der Waals surface area contributed by atoms with Crippen LogP contribution in [0.15, 0.2) is 53.4 Å². The third-order valence-electron chi connectivity index (χ3n) is 3.94. The van der Waals surface area contributed by atoms with Crippen molar-refractivity contribution in [3.05, 3.63) is 59.7 Å². The zero-order valence-corrected chi connectivity index (χ0v) is 17.6. The number of carbonyl (C=O) groups is 1. The number of ether oxygens (including phenoxy) is 1. The van der Waals surface area contributed by atoms with E-state index in [0.29, 0.717) is 17.9 Å². The first-order valence-electron chi connectivity index (χ1n) is 9.10. The molecule has 0 fully saturated rings. The van der Waals surface area contributed by atoms with Gasteiger partial charge in [-0.1, -0.05) is 51.1 Å². The van der Waals surface area contributed by atoms with Crippen LogP contribution in [0.2, 0.25) is 0 Å². The van der Waals surface area contributed by atoms with Crippen molar-refractivity contribution in [1.29, 1.82) is 0 Å². The third-order valence-corrected chi connectivity index (χ3v) is 5.34. The van der Waals surface area contributed by atoms with Gasteiger partial charge in [-0.25, -0.2) is 13.1 Å². The first kappa shape index (κ1) is 21.9. The van der Waals surface area contributed by atoms with Gasteiger partial charge in [-0.2, -0.15) is 0 Å². The first-order valence-corrected chi connectivity index (χ1v) is 10.6. The fourth-order valence-corrected chi connectivity index (χ4v) is 3.47. The summed E-state index contributed by atoms with van der Waals surface area (Å²) >= 11 is 0. The minimum absolute atomic E-state index is 0.00562. The second-order valence-corrected chi connectivity index (χ2v) is 9.63. The molecule has 2 aromatic rings. The van der Waals surface area contributed by atoms with E-state index < -0.39 is 10.0 Å². The van der Waals surface area contributed by atoms with E-state index in [1.54, 1.807) is 13.0 Å². The lowest BCUT2D eigenvalue weighted by atomic mass is 9.97. The molecule has 0 saturated carbocycles. The molecule has 0 atom stereocenters. The van der Waals surface area contributed by atoms with Gasteiger partial charge in [0.25, 0.3) is 5.91 Å². The van der Waals surface area contributed by atoms with E-state index in [2.05, 4.69) is 10.0 Å². The Morgan fingerprint density at radius 1 is 1.07 bits per heavy atom. The number of sulfonamides is 1. The molecule has 1 amide bonds. The van der Waals surface area contributed by atoms with Gasteiger partial charge in [0.15, 0.2) is 6.61 Å². The normalized spacial score (nSPS) is 11.9. The van der Waals surface area contributed by atoms with E-state index >= 15 is 0 Å². The fraction of sp³-hybridized carbons (Fsp3) is 0.381. The van der Waals surface area contributed by atoms with E-state index in [4.69, 9.17) is 4.74 Å². The van der Waals surface area contributed by atoms with Crippen LogP contribution in [0.5, 0.6) is 5.75 Å². The summed E-state index contributed by atoms with van der Waals surface area (Å²) < 4.78 is 33.1. The Kier molecular flexibility index (Phi) is 7.21. The highest BCUT2D eigenvalue weighted by molar-refractivity contribution is 7.89. The van der Waals surface area contributed by atoms with Crippen LogP contribution in [0.1, 0.15) is 31.9 Å². The summed E-state index contributed by atoms with van der Waals surface area (Å²) in [7, 11) is -3.64. The third kappa shape index (κ3) is 6.98. The largest absolute Gasteiger partial charge is 0.484 e. The Labute approximate surface area is 167 Å². The molecule has 0 aliphatic carbocycles. The minimum atomic E-state index is -3.64. The van der Waals surface area contributed by atoms with Gasteiger partial charge in [-0.05, 0) is 41.7 Å². The maximum atomic E-state index is 12.5. The number of benzene rings is 2. The van der Waals surface area contributed by atoms with Crippen LogP contribution in [0, 0.1) is 12.3 Å². The smallest absolute Gasteiger partial charge is 0.257 e. The monoisotopic (exact) mass is 404 g/mol. The Morgan fingerprint density at radius 2 is 1.75 bits per heavy atom. The predicted molar refractivity (Wildman–Crippen MR) is 110 cm³/mol. The first-order chi connectivity index (χ1) is 13.1.